The lowest BCUT2D eigenvalue weighted by Crippen LogP contribution is -2.27. The van der Waals surface area contributed by atoms with Crippen LogP contribution in [0.2, 0.25) is 0 Å². The number of hydrogen-bond acceptors (Lipinski definition) is 8. The van der Waals surface area contributed by atoms with Crippen molar-refractivity contribution in [1.82, 2.24) is 29.7 Å². The van der Waals surface area contributed by atoms with Gasteiger partial charge in [0.15, 0.2) is 5.82 Å². The van der Waals surface area contributed by atoms with Gasteiger partial charge in [-0.1, -0.05) is 0 Å². The smallest absolute Gasteiger partial charge is 0.383 e. The van der Waals surface area contributed by atoms with E-state index in [1.54, 1.807) is 12.0 Å². The molecule has 0 spiro atoms. The van der Waals surface area contributed by atoms with Gasteiger partial charge in [0.25, 0.3) is 11.1 Å². The lowest BCUT2D eigenvalue weighted by Gasteiger charge is -2.18. The second-order valence-electron chi connectivity index (χ2n) is 8.76. The average molecular weight is 572 g/mol. The van der Waals surface area contributed by atoms with Gasteiger partial charge in [-0.3, -0.25) is 14.2 Å². The maximum absolute atomic E-state index is 14.9. The maximum Gasteiger partial charge on any atom is 0.423 e. The Kier molecular flexibility index (Phi) is 7.49. The molecule has 1 aromatic carbocycles. The number of aromatic nitrogens is 6. The highest BCUT2D eigenvalue weighted by molar-refractivity contribution is 5.82. The Bertz CT molecular complexity index is 1680. The van der Waals surface area contributed by atoms with Crippen molar-refractivity contribution < 1.29 is 30.7 Å². The molecule has 4 aromatic rings. The minimum absolute atomic E-state index is 0.0243. The Morgan fingerprint density at radius 2 is 1.80 bits per heavy atom. The fourth-order valence-electron chi connectivity index (χ4n) is 3.95. The number of anilines is 2. The number of H-pyrrole nitrogens is 1. The van der Waals surface area contributed by atoms with E-state index in [1.165, 1.54) is 10.9 Å². The second kappa shape index (κ2) is 10.5. The number of nitrogen functional groups attached to an aromatic ring is 1. The number of rotatable bonds is 7. The molecular weight excluding hydrogens is 553 g/mol. The van der Waals surface area contributed by atoms with Crippen molar-refractivity contribution in [2.24, 2.45) is 0 Å². The summed E-state index contributed by atoms with van der Waals surface area (Å²) in [6, 6.07) is 1.42. The summed E-state index contributed by atoms with van der Waals surface area (Å²) in [6.45, 7) is 1.66. The largest absolute Gasteiger partial charge is 0.423 e. The monoisotopic (exact) mass is 572 g/mol. The van der Waals surface area contributed by atoms with E-state index in [4.69, 9.17) is 5.73 Å². The summed E-state index contributed by atoms with van der Waals surface area (Å²) in [5.74, 6) is -2.32. The van der Waals surface area contributed by atoms with Crippen molar-refractivity contribution in [3.63, 3.8) is 0 Å². The van der Waals surface area contributed by atoms with Gasteiger partial charge in [0.2, 0.25) is 0 Å². The number of aromatic amines is 1. The third kappa shape index (κ3) is 5.86. The van der Waals surface area contributed by atoms with Crippen molar-refractivity contribution in [1.29, 1.82) is 0 Å². The van der Waals surface area contributed by atoms with E-state index in [0.717, 1.165) is 18.3 Å². The fraction of sp³-hybridized carbons (Fsp3) is 0.304. The fourth-order valence-corrected chi connectivity index (χ4v) is 3.95. The van der Waals surface area contributed by atoms with Crippen molar-refractivity contribution >= 4 is 22.4 Å². The maximum atomic E-state index is 14.9. The molecule has 0 radical (unpaired) electrons. The van der Waals surface area contributed by atoms with Gasteiger partial charge in [0.05, 0.1) is 34.7 Å². The predicted molar refractivity (Wildman–Crippen MR) is 129 cm³/mol. The SMILES string of the molecule is C[C@@H](CCCn1cnc2cc(-c3ncc(C(F)(F)F)c(N)n3)c(F)cc2c1=O)Nc1cn[nH]c(=O)c1C(F)(F)F. The van der Waals surface area contributed by atoms with Crippen LogP contribution in [-0.2, 0) is 18.9 Å². The topological polar surface area (TPSA) is 144 Å². The quantitative estimate of drug-likeness (QED) is 0.282. The average Bonchev–Trinajstić information content (AvgIpc) is 2.84. The number of nitrogens with zero attached hydrogens (tertiary/aromatic N) is 5. The molecule has 0 saturated carbocycles. The Labute approximate surface area is 219 Å². The van der Waals surface area contributed by atoms with Gasteiger partial charge in [-0.2, -0.15) is 31.4 Å². The van der Waals surface area contributed by atoms with Gasteiger partial charge in [0, 0.05) is 18.8 Å². The van der Waals surface area contributed by atoms with Crippen LogP contribution < -0.4 is 22.2 Å². The van der Waals surface area contributed by atoms with Crippen LogP contribution in [0.1, 0.15) is 30.9 Å². The molecule has 1 atom stereocenters. The van der Waals surface area contributed by atoms with Crippen molar-refractivity contribution in [3.8, 4) is 11.4 Å². The molecule has 4 N–H and O–H groups in total. The summed E-state index contributed by atoms with van der Waals surface area (Å²) >= 11 is 0. The lowest BCUT2D eigenvalue weighted by molar-refractivity contribution is -0.138. The summed E-state index contributed by atoms with van der Waals surface area (Å²) in [5.41, 5.74) is -0.115. The number of benzene rings is 1. The molecule has 0 saturated heterocycles. The van der Waals surface area contributed by atoms with E-state index in [2.05, 4.69) is 25.4 Å². The molecule has 0 unspecified atom stereocenters. The number of fused-ring (bicyclic) bond motifs is 1. The van der Waals surface area contributed by atoms with E-state index >= 15 is 0 Å². The van der Waals surface area contributed by atoms with Crippen molar-refractivity contribution in [2.75, 3.05) is 11.1 Å². The summed E-state index contributed by atoms with van der Waals surface area (Å²) in [5, 5.41) is 7.60. The minimum atomic E-state index is -4.90. The van der Waals surface area contributed by atoms with E-state index in [1.807, 2.05) is 0 Å². The first-order chi connectivity index (χ1) is 18.7. The Balaban J connectivity index is 1.50. The molecule has 212 valence electrons. The third-order valence-corrected chi connectivity index (χ3v) is 5.86. The summed E-state index contributed by atoms with van der Waals surface area (Å²) in [4.78, 5) is 35.7. The van der Waals surface area contributed by atoms with E-state index in [9.17, 15) is 40.3 Å². The number of hydrogen-bond donors (Lipinski definition) is 3. The molecule has 0 aliphatic carbocycles. The normalized spacial score (nSPS) is 13.0. The van der Waals surface area contributed by atoms with Gasteiger partial charge in [-0.15, -0.1) is 0 Å². The number of nitrogens with one attached hydrogen (secondary N) is 2. The molecule has 17 heteroatoms. The zero-order valence-electron chi connectivity index (χ0n) is 20.4. The van der Waals surface area contributed by atoms with E-state index in [-0.39, 0.29) is 29.4 Å². The molecule has 0 fully saturated rings. The van der Waals surface area contributed by atoms with Gasteiger partial charge in [-0.25, -0.2) is 24.4 Å². The van der Waals surface area contributed by atoms with Gasteiger partial charge >= 0.3 is 12.4 Å². The van der Waals surface area contributed by atoms with Crippen LogP contribution >= 0.6 is 0 Å². The molecule has 0 aliphatic heterocycles. The highest BCUT2D eigenvalue weighted by Crippen LogP contribution is 2.34. The number of aryl methyl sites for hydroxylation is 1. The summed E-state index contributed by atoms with van der Waals surface area (Å²) < 4.78 is 94.4. The first-order valence-corrected chi connectivity index (χ1v) is 11.5. The number of halogens is 7. The van der Waals surface area contributed by atoms with Crippen LogP contribution in [-0.4, -0.2) is 35.8 Å². The van der Waals surface area contributed by atoms with Crippen LogP contribution in [0.15, 0.2) is 40.4 Å². The molecule has 3 heterocycles. The molecular formula is C23H19F7N8O2. The van der Waals surface area contributed by atoms with Crippen molar-refractivity contribution in [2.45, 2.75) is 44.7 Å². The molecule has 0 amide bonds. The molecule has 3 aromatic heterocycles. The van der Waals surface area contributed by atoms with Crippen molar-refractivity contribution in [3.05, 3.63) is 68.5 Å². The van der Waals surface area contributed by atoms with E-state index < -0.39 is 63.8 Å². The van der Waals surface area contributed by atoms with Crippen LogP contribution in [0, 0.1) is 5.82 Å². The van der Waals surface area contributed by atoms with Gasteiger partial charge in [0.1, 0.15) is 22.8 Å². The van der Waals surface area contributed by atoms with Gasteiger partial charge < -0.3 is 11.1 Å². The lowest BCUT2D eigenvalue weighted by atomic mass is 10.1. The molecule has 10 nitrogen and oxygen atoms in total. The highest BCUT2D eigenvalue weighted by Gasteiger charge is 2.37. The first kappa shape index (κ1) is 28.4. The van der Waals surface area contributed by atoms with Crippen LogP contribution in [0.4, 0.5) is 42.2 Å². The second-order valence-corrected chi connectivity index (χ2v) is 8.76. The Hall–Kier alpha value is -4.57. The van der Waals surface area contributed by atoms with E-state index in [0.29, 0.717) is 12.6 Å². The van der Waals surface area contributed by atoms with Crippen LogP contribution in [0.3, 0.4) is 0 Å². The molecule has 0 aliphatic rings. The first-order valence-electron chi connectivity index (χ1n) is 11.5. The summed E-state index contributed by atoms with van der Waals surface area (Å²) in [7, 11) is 0. The highest BCUT2D eigenvalue weighted by atomic mass is 19.4. The predicted octanol–water partition coefficient (Wildman–Crippen LogP) is 3.98. The molecule has 4 rings (SSSR count). The minimum Gasteiger partial charge on any atom is -0.383 e. The Morgan fingerprint density at radius 1 is 1.07 bits per heavy atom. The molecule has 0 bridgehead atoms. The van der Waals surface area contributed by atoms with Crippen LogP contribution in [0.5, 0.6) is 0 Å². The number of nitrogens with two attached hydrogens (primary N) is 1. The standard InChI is InChI=1S/C23H19F7N8O2/c1-10(35-16-8-34-37-20(39)17(16)23(28,29)30)3-2-4-38-9-33-15-6-11(14(24)5-12(15)21(38)40)19-32-7-13(18(31)36-19)22(25,26)27/h5-10H,2-4H2,1H3,(H2,31,32,36)(H2,35,37,39)/t10-/m0/s1. The van der Waals surface area contributed by atoms with Gasteiger partial charge in [-0.05, 0) is 31.9 Å². The Morgan fingerprint density at radius 3 is 2.45 bits per heavy atom. The third-order valence-electron chi connectivity index (χ3n) is 5.86. The zero-order valence-corrected chi connectivity index (χ0v) is 20.4. The van der Waals surface area contributed by atoms with Crippen LogP contribution in [0.25, 0.3) is 22.3 Å². The zero-order chi connectivity index (χ0) is 29.4. The molecule has 40 heavy (non-hydrogen) atoms. The number of alkyl halides is 6. The summed E-state index contributed by atoms with van der Waals surface area (Å²) in [6.07, 6.45) is -6.68.